The molecule has 0 aliphatic rings. The number of halogens is 3. The zero-order valence-electron chi connectivity index (χ0n) is 9.46. The molecular weight excluding hydrogens is 363 g/mol. The van der Waals surface area contributed by atoms with Crippen LogP contribution in [-0.4, -0.2) is 4.98 Å². The van der Waals surface area contributed by atoms with Gasteiger partial charge in [0.25, 0.3) is 0 Å². The molecule has 1 aromatic heterocycles. The lowest BCUT2D eigenvalue weighted by atomic mass is 10.2. The van der Waals surface area contributed by atoms with Crippen LogP contribution in [0.25, 0.3) is 0 Å². The number of nitrogens with one attached hydrogen (secondary N) is 1. The number of hydrogen-bond acceptors (Lipinski definition) is 2. The molecule has 2 rings (SSSR count). The average molecular weight is 374 g/mol. The highest BCUT2D eigenvalue weighted by Crippen LogP contribution is 2.17. The minimum atomic E-state index is -0.225. The lowest BCUT2D eigenvalue weighted by Crippen LogP contribution is -2.14. The van der Waals surface area contributed by atoms with Gasteiger partial charge in [0.2, 0.25) is 0 Å². The fraction of sp³-hybridized carbons (Fsp3) is 0.154. The number of rotatable bonds is 4. The summed E-state index contributed by atoms with van der Waals surface area (Å²) in [5, 5.41) is 3.23. The van der Waals surface area contributed by atoms with Gasteiger partial charge in [-0.3, -0.25) is 4.98 Å². The molecule has 0 fully saturated rings. The number of nitrogens with zero attached hydrogens (tertiary/aromatic N) is 1. The summed E-state index contributed by atoms with van der Waals surface area (Å²) in [5.74, 6) is -0.225. The van der Waals surface area contributed by atoms with Crippen LogP contribution in [-0.2, 0) is 13.1 Å². The Labute approximate surface area is 122 Å². The first-order chi connectivity index (χ1) is 8.65. The van der Waals surface area contributed by atoms with E-state index in [1.54, 1.807) is 12.3 Å². The molecule has 5 heteroatoms. The summed E-state index contributed by atoms with van der Waals surface area (Å²) in [6.07, 6.45) is 1.76. The minimum absolute atomic E-state index is 0.225. The maximum atomic E-state index is 13.1. The van der Waals surface area contributed by atoms with Gasteiger partial charge in [-0.15, -0.1) is 0 Å². The standard InChI is InChI=1S/C13H11Br2FN2/c14-10-1-3-12(18-7-10)8-17-6-9-5-11(16)2-4-13(9)15/h1-5,7,17H,6,8H2. The van der Waals surface area contributed by atoms with Crippen molar-refractivity contribution in [2.45, 2.75) is 13.1 Å². The maximum Gasteiger partial charge on any atom is 0.123 e. The van der Waals surface area contributed by atoms with Gasteiger partial charge in [0, 0.05) is 28.2 Å². The summed E-state index contributed by atoms with van der Waals surface area (Å²) in [4.78, 5) is 4.25. The van der Waals surface area contributed by atoms with Crippen molar-refractivity contribution >= 4 is 31.9 Å². The molecule has 0 spiro atoms. The molecule has 1 heterocycles. The lowest BCUT2D eigenvalue weighted by molar-refractivity contribution is 0.618. The molecule has 18 heavy (non-hydrogen) atoms. The Morgan fingerprint density at radius 1 is 1.11 bits per heavy atom. The second-order valence-corrected chi connectivity index (χ2v) is 5.58. The Morgan fingerprint density at radius 3 is 2.67 bits per heavy atom. The normalized spacial score (nSPS) is 10.6. The van der Waals surface area contributed by atoms with Crippen molar-refractivity contribution in [3.63, 3.8) is 0 Å². The Morgan fingerprint density at radius 2 is 1.94 bits per heavy atom. The van der Waals surface area contributed by atoms with E-state index in [-0.39, 0.29) is 5.82 Å². The van der Waals surface area contributed by atoms with Gasteiger partial charge in [-0.25, -0.2) is 4.39 Å². The van der Waals surface area contributed by atoms with E-state index in [4.69, 9.17) is 0 Å². The summed E-state index contributed by atoms with van der Waals surface area (Å²) in [5.41, 5.74) is 1.85. The minimum Gasteiger partial charge on any atom is -0.307 e. The summed E-state index contributed by atoms with van der Waals surface area (Å²) < 4.78 is 14.9. The highest BCUT2D eigenvalue weighted by molar-refractivity contribution is 9.10. The summed E-state index contributed by atoms with van der Waals surface area (Å²) >= 11 is 6.73. The quantitative estimate of drug-likeness (QED) is 0.874. The number of benzene rings is 1. The van der Waals surface area contributed by atoms with E-state index in [1.807, 2.05) is 12.1 Å². The topological polar surface area (TPSA) is 24.9 Å². The molecule has 0 aliphatic heterocycles. The van der Waals surface area contributed by atoms with E-state index in [0.717, 1.165) is 20.2 Å². The summed E-state index contributed by atoms with van der Waals surface area (Å²) in [6.45, 7) is 1.24. The third kappa shape index (κ3) is 3.86. The van der Waals surface area contributed by atoms with E-state index >= 15 is 0 Å². The van der Waals surface area contributed by atoms with Gasteiger partial charge < -0.3 is 5.32 Å². The van der Waals surface area contributed by atoms with Crippen molar-refractivity contribution in [2.24, 2.45) is 0 Å². The number of aromatic nitrogens is 1. The van der Waals surface area contributed by atoms with Crippen LogP contribution in [0.4, 0.5) is 4.39 Å². The zero-order chi connectivity index (χ0) is 13.0. The third-order valence-corrected chi connectivity index (χ3v) is 3.66. The van der Waals surface area contributed by atoms with Gasteiger partial charge in [0.15, 0.2) is 0 Å². The van der Waals surface area contributed by atoms with Crippen molar-refractivity contribution in [3.8, 4) is 0 Å². The lowest BCUT2D eigenvalue weighted by Gasteiger charge is -2.07. The highest BCUT2D eigenvalue weighted by Gasteiger charge is 2.02. The van der Waals surface area contributed by atoms with Gasteiger partial charge in [-0.05, 0) is 51.8 Å². The van der Waals surface area contributed by atoms with Crippen molar-refractivity contribution in [1.82, 2.24) is 10.3 Å². The second kappa shape index (κ2) is 6.41. The zero-order valence-corrected chi connectivity index (χ0v) is 12.6. The smallest absolute Gasteiger partial charge is 0.123 e. The predicted octanol–water partition coefficient (Wildman–Crippen LogP) is 4.04. The molecule has 0 aliphatic carbocycles. The van der Waals surface area contributed by atoms with Crippen LogP contribution in [0.1, 0.15) is 11.3 Å². The molecule has 94 valence electrons. The van der Waals surface area contributed by atoms with E-state index in [2.05, 4.69) is 42.2 Å². The largest absolute Gasteiger partial charge is 0.307 e. The fourth-order valence-corrected chi connectivity index (χ4v) is 2.14. The molecule has 2 aromatic rings. The van der Waals surface area contributed by atoms with Crippen molar-refractivity contribution < 1.29 is 4.39 Å². The molecule has 0 saturated heterocycles. The van der Waals surface area contributed by atoms with Crippen LogP contribution in [0.2, 0.25) is 0 Å². The molecule has 0 radical (unpaired) electrons. The Bertz CT molecular complexity index is 529. The fourth-order valence-electron chi connectivity index (χ4n) is 1.52. The molecule has 0 unspecified atom stereocenters. The summed E-state index contributed by atoms with van der Waals surface area (Å²) in [7, 11) is 0. The molecule has 0 saturated carbocycles. The van der Waals surface area contributed by atoms with Gasteiger partial charge in [0.05, 0.1) is 5.69 Å². The predicted molar refractivity (Wildman–Crippen MR) is 76.6 cm³/mol. The van der Waals surface area contributed by atoms with Crippen molar-refractivity contribution in [1.29, 1.82) is 0 Å². The summed E-state index contributed by atoms with van der Waals surface area (Å²) in [6, 6.07) is 8.56. The van der Waals surface area contributed by atoms with Crippen molar-refractivity contribution in [3.05, 3.63) is 62.5 Å². The first-order valence-corrected chi connectivity index (χ1v) is 6.99. The van der Waals surface area contributed by atoms with Crippen LogP contribution in [0, 0.1) is 5.82 Å². The van der Waals surface area contributed by atoms with E-state index in [1.165, 1.54) is 12.1 Å². The van der Waals surface area contributed by atoms with Gasteiger partial charge >= 0.3 is 0 Å². The molecule has 0 amide bonds. The first-order valence-electron chi connectivity index (χ1n) is 5.40. The maximum absolute atomic E-state index is 13.1. The van der Waals surface area contributed by atoms with Crippen LogP contribution in [0.15, 0.2) is 45.5 Å². The SMILES string of the molecule is Fc1ccc(Br)c(CNCc2ccc(Br)cn2)c1. The highest BCUT2D eigenvalue weighted by atomic mass is 79.9. The molecule has 0 atom stereocenters. The molecule has 1 N–H and O–H groups in total. The van der Waals surface area contributed by atoms with Crippen molar-refractivity contribution in [2.75, 3.05) is 0 Å². The van der Waals surface area contributed by atoms with Crippen LogP contribution < -0.4 is 5.32 Å². The van der Waals surface area contributed by atoms with Crippen LogP contribution >= 0.6 is 31.9 Å². The Kier molecular flexibility index (Phi) is 4.86. The van der Waals surface area contributed by atoms with E-state index < -0.39 is 0 Å². The number of hydrogen-bond donors (Lipinski definition) is 1. The van der Waals surface area contributed by atoms with Crippen LogP contribution in [0.3, 0.4) is 0 Å². The first kappa shape index (κ1) is 13.6. The number of pyridine rings is 1. The Balaban J connectivity index is 1.92. The third-order valence-electron chi connectivity index (χ3n) is 2.42. The van der Waals surface area contributed by atoms with Gasteiger partial charge in [0.1, 0.15) is 5.82 Å². The van der Waals surface area contributed by atoms with E-state index in [9.17, 15) is 4.39 Å². The Hall–Kier alpha value is -0.780. The van der Waals surface area contributed by atoms with Gasteiger partial charge in [-0.2, -0.15) is 0 Å². The molecule has 1 aromatic carbocycles. The molecule has 0 bridgehead atoms. The van der Waals surface area contributed by atoms with Gasteiger partial charge in [-0.1, -0.05) is 15.9 Å². The molecular formula is C13H11Br2FN2. The molecule has 2 nitrogen and oxygen atoms in total. The average Bonchev–Trinajstić information content (AvgIpc) is 2.36. The second-order valence-electron chi connectivity index (χ2n) is 3.81. The van der Waals surface area contributed by atoms with Crippen LogP contribution in [0.5, 0.6) is 0 Å². The monoisotopic (exact) mass is 372 g/mol. The van der Waals surface area contributed by atoms with E-state index in [0.29, 0.717) is 13.1 Å².